The van der Waals surface area contributed by atoms with Crippen LogP contribution in [0.15, 0.2) is 0 Å². The Bertz CT molecular complexity index is 149. The lowest BCUT2D eigenvalue weighted by Crippen LogP contribution is -2.33. The molecule has 0 amide bonds. The number of rotatable bonds is 5. The molecule has 80 valence electrons. The molecule has 1 nitrogen and oxygen atoms in total. The third-order valence-electron chi connectivity index (χ3n) is 3.59. The van der Waals surface area contributed by atoms with Crippen LogP contribution < -0.4 is 0 Å². The van der Waals surface area contributed by atoms with E-state index in [1.54, 1.807) is 0 Å². The van der Waals surface area contributed by atoms with Crippen LogP contribution >= 0.6 is 0 Å². The van der Waals surface area contributed by atoms with Gasteiger partial charge >= 0.3 is 0 Å². The minimum atomic E-state index is 0.0828. The summed E-state index contributed by atoms with van der Waals surface area (Å²) in [5, 5.41) is 9.41. The van der Waals surface area contributed by atoms with E-state index in [2.05, 4.69) is 41.5 Å². The van der Waals surface area contributed by atoms with Gasteiger partial charge in [-0.15, -0.1) is 0 Å². The Balaban J connectivity index is 4.44. The van der Waals surface area contributed by atoms with Crippen molar-refractivity contribution in [2.24, 2.45) is 16.7 Å². The van der Waals surface area contributed by atoms with Crippen molar-refractivity contribution in [3.05, 3.63) is 0 Å². The maximum Gasteiger partial charge on any atom is 0.0487 e. The molecule has 0 saturated heterocycles. The standard InChI is InChI=1S/C12H26O/c1-7-11(4,5)8-12(6,9-13)10(2)3/h10,13H,7-9H2,1-6H3. The van der Waals surface area contributed by atoms with Crippen molar-refractivity contribution in [1.29, 1.82) is 0 Å². The Labute approximate surface area is 83.5 Å². The van der Waals surface area contributed by atoms with Gasteiger partial charge in [-0.2, -0.15) is 0 Å². The fourth-order valence-corrected chi connectivity index (χ4v) is 1.66. The highest BCUT2D eigenvalue weighted by Crippen LogP contribution is 2.40. The first-order valence-corrected chi connectivity index (χ1v) is 5.38. The van der Waals surface area contributed by atoms with Crippen molar-refractivity contribution >= 4 is 0 Å². The number of aliphatic hydroxyl groups excluding tert-OH is 1. The van der Waals surface area contributed by atoms with Crippen LogP contribution in [0.25, 0.3) is 0 Å². The maximum absolute atomic E-state index is 9.41. The minimum absolute atomic E-state index is 0.0828. The van der Waals surface area contributed by atoms with Crippen LogP contribution in [0, 0.1) is 16.7 Å². The predicted octanol–water partition coefficient (Wildman–Crippen LogP) is 3.47. The van der Waals surface area contributed by atoms with Gasteiger partial charge in [-0.25, -0.2) is 0 Å². The monoisotopic (exact) mass is 186 g/mol. The summed E-state index contributed by atoms with van der Waals surface area (Å²) < 4.78 is 0. The molecule has 0 radical (unpaired) electrons. The van der Waals surface area contributed by atoms with Crippen molar-refractivity contribution in [3.63, 3.8) is 0 Å². The highest BCUT2D eigenvalue weighted by molar-refractivity contribution is 4.83. The van der Waals surface area contributed by atoms with Gasteiger partial charge in [-0.3, -0.25) is 0 Å². The summed E-state index contributed by atoms with van der Waals surface area (Å²) in [4.78, 5) is 0. The van der Waals surface area contributed by atoms with Crippen molar-refractivity contribution in [1.82, 2.24) is 0 Å². The third kappa shape index (κ3) is 3.68. The molecule has 13 heavy (non-hydrogen) atoms. The summed E-state index contributed by atoms with van der Waals surface area (Å²) in [5.74, 6) is 0.545. The molecule has 0 aromatic heterocycles. The highest BCUT2D eigenvalue weighted by Gasteiger charge is 2.33. The second kappa shape index (κ2) is 4.45. The van der Waals surface area contributed by atoms with Crippen molar-refractivity contribution < 1.29 is 5.11 Å². The fourth-order valence-electron chi connectivity index (χ4n) is 1.66. The second-order valence-electron chi connectivity index (χ2n) is 5.66. The summed E-state index contributed by atoms with van der Waals surface area (Å²) in [6.45, 7) is 13.7. The smallest absolute Gasteiger partial charge is 0.0487 e. The van der Waals surface area contributed by atoms with Crippen molar-refractivity contribution in [3.8, 4) is 0 Å². The Morgan fingerprint density at radius 3 is 1.85 bits per heavy atom. The number of aliphatic hydroxyl groups is 1. The van der Waals surface area contributed by atoms with Crippen molar-refractivity contribution in [2.45, 2.75) is 54.4 Å². The Hall–Kier alpha value is -0.0400. The van der Waals surface area contributed by atoms with E-state index in [9.17, 15) is 5.11 Å². The van der Waals surface area contributed by atoms with Crippen LogP contribution in [0.3, 0.4) is 0 Å². The SMILES string of the molecule is CCC(C)(C)CC(C)(CO)C(C)C. The van der Waals surface area contributed by atoms with Crippen LogP contribution in [0.2, 0.25) is 0 Å². The minimum Gasteiger partial charge on any atom is -0.396 e. The zero-order chi connectivity index (χ0) is 10.7. The molecule has 0 aromatic rings. The van der Waals surface area contributed by atoms with Gasteiger partial charge in [0.05, 0.1) is 0 Å². The van der Waals surface area contributed by atoms with E-state index < -0.39 is 0 Å². The summed E-state index contributed by atoms with van der Waals surface area (Å²) in [6, 6.07) is 0. The Kier molecular flexibility index (Phi) is 4.44. The molecule has 1 N–H and O–H groups in total. The summed E-state index contributed by atoms with van der Waals surface area (Å²) >= 11 is 0. The molecule has 0 aromatic carbocycles. The van der Waals surface area contributed by atoms with Crippen LogP contribution in [0.5, 0.6) is 0 Å². The summed E-state index contributed by atoms with van der Waals surface area (Å²) in [7, 11) is 0. The van der Waals surface area contributed by atoms with Gasteiger partial charge in [-0.1, -0.05) is 48.0 Å². The van der Waals surface area contributed by atoms with Gasteiger partial charge in [0.1, 0.15) is 0 Å². The lowest BCUT2D eigenvalue weighted by atomic mass is 9.68. The average molecular weight is 186 g/mol. The van der Waals surface area contributed by atoms with E-state index in [1.807, 2.05) is 0 Å². The normalized spacial score (nSPS) is 17.5. The van der Waals surface area contributed by atoms with E-state index in [0.717, 1.165) is 6.42 Å². The Morgan fingerprint density at radius 1 is 1.15 bits per heavy atom. The predicted molar refractivity (Wildman–Crippen MR) is 58.7 cm³/mol. The van der Waals surface area contributed by atoms with Gasteiger partial charge in [0.25, 0.3) is 0 Å². The van der Waals surface area contributed by atoms with E-state index in [-0.39, 0.29) is 5.41 Å². The number of hydrogen-bond donors (Lipinski definition) is 1. The largest absolute Gasteiger partial charge is 0.396 e. The molecule has 0 aliphatic rings. The molecule has 0 bridgehead atoms. The third-order valence-corrected chi connectivity index (χ3v) is 3.59. The van der Waals surface area contributed by atoms with Gasteiger partial charge in [0.2, 0.25) is 0 Å². The second-order valence-corrected chi connectivity index (χ2v) is 5.66. The first-order valence-electron chi connectivity index (χ1n) is 5.38. The highest BCUT2D eigenvalue weighted by atomic mass is 16.3. The van der Waals surface area contributed by atoms with Gasteiger partial charge in [-0.05, 0) is 23.2 Å². The molecule has 0 spiro atoms. The molecule has 1 unspecified atom stereocenters. The molecule has 0 heterocycles. The molecule has 1 heteroatoms. The molecule has 0 aliphatic heterocycles. The van der Waals surface area contributed by atoms with Crippen LogP contribution in [-0.4, -0.2) is 11.7 Å². The fraction of sp³-hybridized carbons (Fsp3) is 1.00. The molecule has 0 aliphatic carbocycles. The summed E-state index contributed by atoms with van der Waals surface area (Å²) in [5.41, 5.74) is 0.432. The summed E-state index contributed by atoms with van der Waals surface area (Å²) in [6.07, 6.45) is 2.28. The molecule has 1 atom stereocenters. The maximum atomic E-state index is 9.41. The zero-order valence-corrected chi connectivity index (χ0v) is 10.1. The average Bonchev–Trinajstić information content (AvgIpc) is 2.03. The van der Waals surface area contributed by atoms with Crippen LogP contribution in [-0.2, 0) is 0 Å². The van der Waals surface area contributed by atoms with E-state index in [0.29, 0.717) is 17.9 Å². The molecular formula is C12H26O. The Morgan fingerprint density at radius 2 is 1.62 bits per heavy atom. The zero-order valence-electron chi connectivity index (χ0n) is 10.1. The van der Waals surface area contributed by atoms with Crippen molar-refractivity contribution in [2.75, 3.05) is 6.61 Å². The molecule has 0 rings (SSSR count). The molecule has 0 saturated carbocycles. The van der Waals surface area contributed by atoms with E-state index >= 15 is 0 Å². The van der Waals surface area contributed by atoms with Gasteiger partial charge in [0.15, 0.2) is 0 Å². The topological polar surface area (TPSA) is 20.2 Å². The molecule has 0 fully saturated rings. The first kappa shape index (κ1) is 13.0. The lowest BCUT2D eigenvalue weighted by molar-refractivity contribution is 0.0445. The van der Waals surface area contributed by atoms with Crippen LogP contribution in [0.1, 0.15) is 54.4 Å². The van der Waals surface area contributed by atoms with Crippen LogP contribution in [0.4, 0.5) is 0 Å². The first-order chi connectivity index (χ1) is 5.77. The van der Waals surface area contributed by atoms with Gasteiger partial charge in [0, 0.05) is 6.61 Å². The van der Waals surface area contributed by atoms with E-state index in [4.69, 9.17) is 0 Å². The number of hydrogen-bond acceptors (Lipinski definition) is 1. The van der Waals surface area contributed by atoms with Gasteiger partial charge < -0.3 is 5.11 Å². The lowest BCUT2D eigenvalue weighted by Gasteiger charge is -2.39. The quantitative estimate of drug-likeness (QED) is 0.697. The van der Waals surface area contributed by atoms with E-state index in [1.165, 1.54) is 6.42 Å². The molecular weight excluding hydrogens is 160 g/mol.